The van der Waals surface area contributed by atoms with E-state index in [0.29, 0.717) is 18.1 Å². The van der Waals surface area contributed by atoms with E-state index in [1.807, 2.05) is 37.4 Å². The molecule has 0 fully saturated rings. The number of hydrogen-bond donors (Lipinski definition) is 1. The number of nitrogens with one attached hydrogen (secondary N) is 1. The summed E-state index contributed by atoms with van der Waals surface area (Å²) in [7, 11) is 1.13. The zero-order chi connectivity index (χ0) is 18.8. The highest BCUT2D eigenvalue weighted by atomic mass is 127. The standard InChI is InChI=1S/C21H29N3OS.HI/c1-4-22-21(24(3)16-19-12-10-18(2)11-13-19)23-14-15-26(25)17-20-8-6-5-7-9-20;/h5-13H,4,14-17H2,1-3H3,(H,22,23);1H. The Morgan fingerprint density at radius 1 is 1.07 bits per heavy atom. The van der Waals surface area contributed by atoms with Gasteiger partial charge >= 0.3 is 0 Å². The van der Waals surface area contributed by atoms with Crippen LogP contribution >= 0.6 is 24.0 Å². The van der Waals surface area contributed by atoms with Crippen molar-refractivity contribution in [3.8, 4) is 0 Å². The summed E-state index contributed by atoms with van der Waals surface area (Å²) in [5, 5.41) is 3.31. The number of hydrogen-bond acceptors (Lipinski definition) is 2. The van der Waals surface area contributed by atoms with Gasteiger partial charge in [0.1, 0.15) is 0 Å². The lowest BCUT2D eigenvalue weighted by molar-refractivity contribution is 0.477. The van der Waals surface area contributed by atoms with Crippen molar-refractivity contribution in [2.24, 2.45) is 4.99 Å². The van der Waals surface area contributed by atoms with Crippen LogP contribution in [0.3, 0.4) is 0 Å². The van der Waals surface area contributed by atoms with Crippen LogP contribution in [0.2, 0.25) is 0 Å². The minimum Gasteiger partial charge on any atom is -0.357 e. The molecule has 0 spiro atoms. The van der Waals surface area contributed by atoms with E-state index in [4.69, 9.17) is 0 Å². The third-order valence-corrected chi connectivity index (χ3v) is 5.28. The summed E-state index contributed by atoms with van der Waals surface area (Å²) in [6.45, 7) is 6.31. The van der Waals surface area contributed by atoms with Gasteiger partial charge in [-0.25, -0.2) is 0 Å². The number of halogens is 1. The second-order valence-corrected chi connectivity index (χ2v) is 7.93. The fourth-order valence-corrected chi connectivity index (χ4v) is 3.60. The molecule has 0 amide bonds. The molecule has 2 aromatic carbocycles. The number of aliphatic imine (C=N–C) groups is 1. The average molecular weight is 499 g/mol. The molecule has 6 heteroatoms. The molecule has 0 saturated heterocycles. The molecule has 0 radical (unpaired) electrons. The van der Waals surface area contributed by atoms with Crippen molar-refractivity contribution in [1.82, 2.24) is 10.2 Å². The first kappa shape index (κ1) is 23.6. The third kappa shape index (κ3) is 8.88. The van der Waals surface area contributed by atoms with Crippen molar-refractivity contribution in [1.29, 1.82) is 0 Å². The molecule has 2 rings (SSSR count). The Morgan fingerprint density at radius 3 is 2.37 bits per heavy atom. The minimum absolute atomic E-state index is 0. The van der Waals surface area contributed by atoms with Crippen LogP contribution in [-0.2, 0) is 23.1 Å². The van der Waals surface area contributed by atoms with Gasteiger partial charge in [-0.3, -0.25) is 9.20 Å². The average Bonchev–Trinajstić information content (AvgIpc) is 2.63. The van der Waals surface area contributed by atoms with E-state index >= 15 is 0 Å². The van der Waals surface area contributed by atoms with Gasteiger partial charge in [0.15, 0.2) is 5.96 Å². The fourth-order valence-electron chi connectivity index (χ4n) is 2.60. The van der Waals surface area contributed by atoms with Gasteiger partial charge in [-0.2, -0.15) is 0 Å². The van der Waals surface area contributed by atoms with Gasteiger partial charge in [0.2, 0.25) is 0 Å². The zero-order valence-electron chi connectivity index (χ0n) is 16.4. The van der Waals surface area contributed by atoms with Crippen LogP contribution in [0.5, 0.6) is 0 Å². The normalized spacial score (nSPS) is 12.2. The molecule has 0 heterocycles. The van der Waals surface area contributed by atoms with E-state index < -0.39 is 10.8 Å². The first-order valence-corrected chi connectivity index (χ1v) is 10.5. The van der Waals surface area contributed by atoms with Crippen molar-refractivity contribution < 1.29 is 4.21 Å². The zero-order valence-corrected chi connectivity index (χ0v) is 19.5. The van der Waals surface area contributed by atoms with Gasteiger partial charge in [0, 0.05) is 42.4 Å². The molecule has 148 valence electrons. The molecule has 2 aromatic rings. The summed E-state index contributed by atoms with van der Waals surface area (Å²) in [5.41, 5.74) is 3.62. The monoisotopic (exact) mass is 499 g/mol. The van der Waals surface area contributed by atoms with Gasteiger partial charge in [-0.15, -0.1) is 24.0 Å². The topological polar surface area (TPSA) is 44.7 Å². The molecular weight excluding hydrogens is 469 g/mol. The van der Waals surface area contributed by atoms with E-state index in [2.05, 4.69) is 53.3 Å². The second-order valence-electron chi connectivity index (χ2n) is 6.35. The summed E-state index contributed by atoms with van der Waals surface area (Å²) in [6, 6.07) is 18.5. The second kappa shape index (κ2) is 12.9. The fraction of sp³-hybridized carbons (Fsp3) is 0.381. The molecule has 0 saturated carbocycles. The van der Waals surface area contributed by atoms with Gasteiger partial charge < -0.3 is 10.2 Å². The lowest BCUT2D eigenvalue weighted by atomic mass is 10.1. The molecular formula is C21H30IN3OS. The van der Waals surface area contributed by atoms with Crippen LogP contribution < -0.4 is 5.32 Å². The Hall–Kier alpha value is -1.41. The van der Waals surface area contributed by atoms with Crippen molar-refractivity contribution in [3.05, 3.63) is 71.3 Å². The number of rotatable bonds is 8. The smallest absolute Gasteiger partial charge is 0.193 e. The summed E-state index contributed by atoms with van der Waals surface area (Å²) in [4.78, 5) is 6.75. The van der Waals surface area contributed by atoms with Crippen LogP contribution in [0.4, 0.5) is 0 Å². The number of nitrogens with zero attached hydrogens (tertiary/aromatic N) is 2. The highest BCUT2D eigenvalue weighted by molar-refractivity contribution is 14.0. The Morgan fingerprint density at radius 2 is 1.74 bits per heavy atom. The summed E-state index contributed by atoms with van der Waals surface area (Å²) in [5.74, 6) is 2.01. The molecule has 0 aliphatic carbocycles. The largest absolute Gasteiger partial charge is 0.357 e. The molecule has 1 N–H and O–H groups in total. The molecule has 1 atom stereocenters. The number of aryl methyl sites for hydroxylation is 1. The highest BCUT2D eigenvalue weighted by Crippen LogP contribution is 2.06. The molecule has 27 heavy (non-hydrogen) atoms. The number of guanidine groups is 1. The number of benzene rings is 2. The van der Waals surface area contributed by atoms with Crippen LogP contribution in [-0.4, -0.2) is 41.0 Å². The van der Waals surface area contributed by atoms with Crippen LogP contribution in [0.15, 0.2) is 59.6 Å². The summed E-state index contributed by atoms with van der Waals surface area (Å²) < 4.78 is 12.3. The van der Waals surface area contributed by atoms with Gasteiger partial charge in [0.05, 0.1) is 6.54 Å². The van der Waals surface area contributed by atoms with Crippen molar-refractivity contribution in [2.45, 2.75) is 26.1 Å². The third-order valence-electron chi connectivity index (χ3n) is 3.99. The first-order valence-electron chi connectivity index (χ1n) is 9.02. The van der Waals surface area contributed by atoms with Crippen LogP contribution in [0.1, 0.15) is 23.6 Å². The molecule has 0 bridgehead atoms. The quantitative estimate of drug-likeness (QED) is 0.340. The Kier molecular flexibility index (Phi) is 11.3. The Balaban J connectivity index is 0.00000364. The van der Waals surface area contributed by atoms with Crippen molar-refractivity contribution in [3.63, 3.8) is 0 Å². The van der Waals surface area contributed by atoms with Crippen LogP contribution in [0, 0.1) is 6.92 Å². The first-order chi connectivity index (χ1) is 12.6. The predicted octanol–water partition coefficient (Wildman–Crippen LogP) is 3.96. The van der Waals surface area contributed by atoms with E-state index in [-0.39, 0.29) is 24.0 Å². The lowest BCUT2D eigenvalue weighted by Gasteiger charge is -2.22. The lowest BCUT2D eigenvalue weighted by Crippen LogP contribution is -2.38. The van der Waals surface area contributed by atoms with Crippen molar-refractivity contribution in [2.75, 3.05) is 25.9 Å². The molecule has 1 unspecified atom stereocenters. The minimum atomic E-state index is -0.899. The highest BCUT2D eigenvalue weighted by Gasteiger charge is 2.07. The SMILES string of the molecule is CCNC(=NCCS(=O)Cc1ccccc1)N(C)Cc1ccc(C)cc1.I. The maximum Gasteiger partial charge on any atom is 0.193 e. The van der Waals surface area contributed by atoms with Gasteiger partial charge in [-0.05, 0) is 25.0 Å². The van der Waals surface area contributed by atoms with E-state index in [0.717, 1.165) is 24.6 Å². The van der Waals surface area contributed by atoms with Gasteiger partial charge in [-0.1, -0.05) is 60.2 Å². The maximum absolute atomic E-state index is 12.3. The molecule has 0 aliphatic rings. The Labute approximate surface area is 182 Å². The summed E-state index contributed by atoms with van der Waals surface area (Å²) in [6.07, 6.45) is 0. The van der Waals surface area contributed by atoms with Crippen LogP contribution in [0.25, 0.3) is 0 Å². The Bertz CT molecular complexity index is 720. The van der Waals surface area contributed by atoms with E-state index in [1.54, 1.807) is 0 Å². The summed E-state index contributed by atoms with van der Waals surface area (Å²) >= 11 is 0. The van der Waals surface area contributed by atoms with E-state index in [1.165, 1.54) is 11.1 Å². The van der Waals surface area contributed by atoms with E-state index in [9.17, 15) is 4.21 Å². The predicted molar refractivity (Wildman–Crippen MR) is 127 cm³/mol. The molecule has 0 aromatic heterocycles. The van der Waals surface area contributed by atoms with Gasteiger partial charge in [0.25, 0.3) is 0 Å². The molecule has 0 aliphatic heterocycles. The van der Waals surface area contributed by atoms with Crippen molar-refractivity contribution >= 4 is 40.7 Å². The maximum atomic E-state index is 12.3. The molecule has 4 nitrogen and oxygen atoms in total.